The van der Waals surface area contributed by atoms with E-state index in [4.69, 9.17) is 5.11 Å². The van der Waals surface area contributed by atoms with E-state index in [1.807, 2.05) is 6.92 Å². The Balaban J connectivity index is 2.86. The van der Waals surface area contributed by atoms with Crippen molar-refractivity contribution >= 4 is 0 Å². The van der Waals surface area contributed by atoms with Crippen molar-refractivity contribution in [3.05, 3.63) is 29.8 Å². The van der Waals surface area contributed by atoms with Crippen molar-refractivity contribution in [1.82, 2.24) is 4.98 Å². The predicted octanol–water partition coefficient (Wildman–Crippen LogP) is 1.32. The first-order valence-electron chi connectivity index (χ1n) is 3.46. The average molecular weight is 155 g/mol. The second-order valence-electron chi connectivity index (χ2n) is 2.50. The summed E-state index contributed by atoms with van der Waals surface area (Å²) in [6.07, 6.45) is 1.40. The molecule has 0 spiro atoms. The molecule has 0 bridgehead atoms. The number of halogens is 1. The van der Waals surface area contributed by atoms with E-state index in [0.717, 1.165) is 5.56 Å². The largest absolute Gasteiger partial charge is 0.396 e. The Morgan fingerprint density at radius 2 is 2.45 bits per heavy atom. The Labute approximate surface area is 64.7 Å². The number of aromatic nitrogens is 1. The number of nitrogens with zero attached hydrogens (tertiary/aromatic N) is 1. The highest BCUT2D eigenvalue weighted by Gasteiger charge is 2.03. The molecular weight excluding hydrogens is 145 g/mol. The summed E-state index contributed by atoms with van der Waals surface area (Å²) < 4.78 is 12.5. The van der Waals surface area contributed by atoms with E-state index < -0.39 is 5.95 Å². The average Bonchev–Trinajstić information content (AvgIpc) is 2.03. The van der Waals surface area contributed by atoms with E-state index in [0.29, 0.717) is 0 Å². The number of rotatable bonds is 2. The summed E-state index contributed by atoms with van der Waals surface area (Å²) >= 11 is 0. The molecule has 1 atom stereocenters. The Kier molecular flexibility index (Phi) is 2.54. The molecule has 1 aromatic rings. The Morgan fingerprint density at radius 1 is 1.73 bits per heavy atom. The lowest BCUT2D eigenvalue weighted by Gasteiger charge is -2.06. The standard InChI is InChI=1S/C8H10FNO/c1-6(5-11)7-2-3-10-8(9)4-7/h2-4,6,11H,5H2,1H3/t6-/m1/s1. The molecule has 0 radical (unpaired) electrons. The monoisotopic (exact) mass is 155 g/mol. The fraction of sp³-hybridized carbons (Fsp3) is 0.375. The molecule has 0 aromatic carbocycles. The zero-order valence-corrected chi connectivity index (χ0v) is 6.29. The van der Waals surface area contributed by atoms with Gasteiger partial charge in [-0.25, -0.2) is 4.98 Å². The summed E-state index contributed by atoms with van der Waals surface area (Å²) in [7, 11) is 0. The van der Waals surface area contributed by atoms with Gasteiger partial charge in [0.25, 0.3) is 0 Å². The topological polar surface area (TPSA) is 33.1 Å². The van der Waals surface area contributed by atoms with E-state index in [9.17, 15) is 4.39 Å². The van der Waals surface area contributed by atoms with Crippen molar-refractivity contribution in [3.63, 3.8) is 0 Å². The van der Waals surface area contributed by atoms with Gasteiger partial charge >= 0.3 is 0 Å². The molecule has 0 unspecified atom stereocenters. The van der Waals surface area contributed by atoms with Crippen LogP contribution < -0.4 is 0 Å². The zero-order chi connectivity index (χ0) is 8.27. The SMILES string of the molecule is C[C@H](CO)c1ccnc(F)c1. The van der Waals surface area contributed by atoms with Crippen LogP contribution in [0.25, 0.3) is 0 Å². The van der Waals surface area contributed by atoms with Crippen LogP contribution in [0.5, 0.6) is 0 Å². The quantitative estimate of drug-likeness (QED) is 0.653. The molecule has 1 rings (SSSR count). The predicted molar refractivity (Wildman–Crippen MR) is 39.7 cm³/mol. The minimum absolute atomic E-state index is 0.0208. The van der Waals surface area contributed by atoms with Crippen LogP contribution in [0.15, 0.2) is 18.3 Å². The summed E-state index contributed by atoms with van der Waals surface area (Å²) in [4.78, 5) is 3.41. The van der Waals surface area contributed by atoms with Gasteiger partial charge < -0.3 is 5.11 Å². The van der Waals surface area contributed by atoms with Crippen LogP contribution in [-0.4, -0.2) is 16.7 Å². The molecule has 3 heteroatoms. The molecule has 1 aromatic heterocycles. The smallest absolute Gasteiger partial charge is 0.213 e. The summed E-state index contributed by atoms with van der Waals surface area (Å²) in [5.41, 5.74) is 0.778. The third-order valence-corrected chi connectivity index (χ3v) is 1.59. The number of aliphatic hydroxyl groups excluding tert-OH is 1. The van der Waals surface area contributed by atoms with Gasteiger partial charge in [-0.3, -0.25) is 0 Å². The molecule has 0 aliphatic rings. The van der Waals surface area contributed by atoms with Gasteiger partial charge in [0.1, 0.15) is 0 Å². The van der Waals surface area contributed by atoms with Gasteiger partial charge in [0.15, 0.2) is 0 Å². The molecule has 0 aliphatic carbocycles. The maximum Gasteiger partial charge on any atom is 0.213 e. The zero-order valence-electron chi connectivity index (χ0n) is 6.29. The number of hydrogen-bond donors (Lipinski definition) is 1. The van der Waals surface area contributed by atoms with Crippen molar-refractivity contribution < 1.29 is 9.50 Å². The van der Waals surface area contributed by atoms with Gasteiger partial charge in [0, 0.05) is 18.7 Å². The van der Waals surface area contributed by atoms with Gasteiger partial charge in [-0.15, -0.1) is 0 Å². The van der Waals surface area contributed by atoms with Crippen molar-refractivity contribution in [1.29, 1.82) is 0 Å². The molecule has 0 fully saturated rings. The second kappa shape index (κ2) is 3.44. The molecule has 2 nitrogen and oxygen atoms in total. The third-order valence-electron chi connectivity index (χ3n) is 1.59. The van der Waals surface area contributed by atoms with Gasteiger partial charge in [-0.1, -0.05) is 6.92 Å². The molecule has 0 aliphatic heterocycles. The lowest BCUT2D eigenvalue weighted by molar-refractivity contribution is 0.272. The molecule has 11 heavy (non-hydrogen) atoms. The van der Waals surface area contributed by atoms with Crippen LogP contribution in [0.1, 0.15) is 18.4 Å². The third kappa shape index (κ3) is 1.98. The number of pyridine rings is 1. The molecule has 0 saturated heterocycles. The highest BCUT2D eigenvalue weighted by Crippen LogP contribution is 2.13. The van der Waals surface area contributed by atoms with E-state index >= 15 is 0 Å². The Hall–Kier alpha value is -0.960. The number of aliphatic hydroxyl groups is 1. The maximum absolute atomic E-state index is 12.5. The van der Waals surface area contributed by atoms with Gasteiger partial charge in [0.05, 0.1) is 0 Å². The summed E-state index contributed by atoms with van der Waals surface area (Å²) in [6.45, 7) is 1.86. The Bertz CT molecular complexity index is 239. The summed E-state index contributed by atoms with van der Waals surface area (Å²) in [5, 5.41) is 8.74. The number of hydrogen-bond acceptors (Lipinski definition) is 2. The fourth-order valence-corrected chi connectivity index (χ4v) is 0.829. The van der Waals surface area contributed by atoms with E-state index in [1.165, 1.54) is 12.3 Å². The lowest BCUT2D eigenvalue weighted by atomic mass is 10.0. The van der Waals surface area contributed by atoms with E-state index in [1.54, 1.807) is 6.07 Å². The van der Waals surface area contributed by atoms with Crippen LogP contribution in [0.4, 0.5) is 4.39 Å². The molecule has 0 amide bonds. The minimum atomic E-state index is -0.497. The molecule has 1 heterocycles. The van der Waals surface area contributed by atoms with Crippen LogP contribution in [-0.2, 0) is 0 Å². The first-order chi connectivity index (χ1) is 5.24. The second-order valence-corrected chi connectivity index (χ2v) is 2.50. The fourth-order valence-electron chi connectivity index (χ4n) is 0.829. The highest BCUT2D eigenvalue weighted by atomic mass is 19.1. The van der Waals surface area contributed by atoms with Crippen molar-refractivity contribution in [3.8, 4) is 0 Å². The Morgan fingerprint density at radius 3 is 3.00 bits per heavy atom. The summed E-state index contributed by atoms with van der Waals surface area (Å²) in [5.74, 6) is -0.518. The summed E-state index contributed by atoms with van der Waals surface area (Å²) in [6, 6.07) is 3.03. The molecule has 60 valence electrons. The minimum Gasteiger partial charge on any atom is -0.396 e. The van der Waals surface area contributed by atoms with Crippen LogP contribution in [0, 0.1) is 5.95 Å². The maximum atomic E-state index is 12.5. The van der Waals surface area contributed by atoms with Crippen LogP contribution >= 0.6 is 0 Å². The molecule has 0 saturated carbocycles. The van der Waals surface area contributed by atoms with Crippen molar-refractivity contribution in [2.45, 2.75) is 12.8 Å². The van der Waals surface area contributed by atoms with E-state index in [-0.39, 0.29) is 12.5 Å². The van der Waals surface area contributed by atoms with Gasteiger partial charge in [-0.05, 0) is 17.7 Å². The van der Waals surface area contributed by atoms with Crippen molar-refractivity contribution in [2.75, 3.05) is 6.61 Å². The molecule has 1 N–H and O–H groups in total. The molecular formula is C8H10FNO. The lowest BCUT2D eigenvalue weighted by Crippen LogP contribution is -1.99. The van der Waals surface area contributed by atoms with Crippen LogP contribution in [0.2, 0.25) is 0 Å². The van der Waals surface area contributed by atoms with Crippen molar-refractivity contribution in [2.24, 2.45) is 0 Å². The normalized spacial score (nSPS) is 13.0. The van der Waals surface area contributed by atoms with E-state index in [2.05, 4.69) is 4.98 Å². The first kappa shape index (κ1) is 8.14. The first-order valence-corrected chi connectivity index (χ1v) is 3.46. The van der Waals surface area contributed by atoms with Gasteiger partial charge in [-0.2, -0.15) is 4.39 Å². The van der Waals surface area contributed by atoms with Gasteiger partial charge in [0.2, 0.25) is 5.95 Å². The van der Waals surface area contributed by atoms with Crippen LogP contribution in [0.3, 0.4) is 0 Å². The highest BCUT2D eigenvalue weighted by molar-refractivity contribution is 5.15.